The summed E-state index contributed by atoms with van der Waals surface area (Å²) in [6.07, 6.45) is 2.71. The standard InChI is InChI=1S/C4H9.2Al.O.3H/c1-3-4-2;;;;;;/h1,3-4H2,2H3;;;;;;. The first kappa shape index (κ1) is 8.02. The van der Waals surface area contributed by atoms with Gasteiger partial charge in [0.1, 0.15) is 0 Å². The largest absolute Gasteiger partial charge is 0.644 e. The summed E-state index contributed by atoms with van der Waals surface area (Å²) in [4.78, 5) is 0. The van der Waals surface area contributed by atoms with Crippen molar-refractivity contribution in [3.63, 3.8) is 0 Å². The molecule has 0 bridgehead atoms. The first-order chi connectivity index (χ1) is 3.41. The molecule has 0 saturated carbocycles. The normalized spacial score (nSPS) is 8.71. The molecule has 0 rings (SSSR count). The minimum absolute atomic E-state index is 0.0276. The van der Waals surface area contributed by atoms with Crippen LogP contribution in [0, 0.1) is 0 Å². The third-order valence-corrected chi connectivity index (χ3v) is 3.37. The maximum atomic E-state index is 5.12. The van der Waals surface area contributed by atoms with Crippen LogP contribution in [-0.4, -0.2) is 32.2 Å². The monoisotopic (exact) mass is 130 g/mol. The van der Waals surface area contributed by atoms with Gasteiger partial charge in [-0.25, -0.2) is 0 Å². The summed E-state index contributed by atoms with van der Waals surface area (Å²) >= 11 is 0.940. The van der Waals surface area contributed by atoms with E-state index in [9.17, 15) is 0 Å². The van der Waals surface area contributed by atoms with Crippen LogP contribution in [-0.2, 0) is 2.84 Å². The molecule has 0 atom stereocenters. The van der Waals surface area contributed by atoms with E-state index in [-0.39, 0.29) is 15.6 Å². The molecule has 0 aliphatic heterocycles. The minimum Gasteiger partial charge on any atom is -0.644 e. The summed E-state index contributed by atoms with van der Waals surface area (Å²) in [5.74, 6) is 0. The van der Waals surface area contributed by atoms with Gasteiger partial charge in [-0.1, -0.05) is 25.0 Å². The maximum absolute atomic E-state index is 5.12. The highest BCUT2D eigenvalue weighted by molar-refractivity contribution is 6.34. The van der Waals surface area contributed by atoms with Gasteiger partial charge in [0.2, 0.25) is 0 Å². The summed E-state index contributed by atoms with van der Waals surface area (Å²) in [5.41, 5.74) is 0. The molecule has 0 aromatic heterocycles. The fraction of sp³-hybridized carbons (Fsp3) is 1.00. The zero-order valence-electron chi connectivity index (χ0n) is 5.24. The Morgan fingerprint density at radius 1 is 1.71 bits per heavy atom. The summed E-state index contributed by atoms with van der Waals surface area (Å²) < 4.78 is 5.12. The van der Waals surface area contributed by atoms with E-state index < -0.39 is 0 Å². The molecule has 0 aliphatic carbocycles. The molecule has 0 spiro atoms. The first-order valence-electron chi connectivity index (χ1n) is 2.90. The minimum atomic E-state index is -0.0276. The molecule has 0 aromatic rings. The van der Waals surface area contributed by atoms with Crippen molar-refractivity contribution >= 4 is 32.2 Å². The smallest absolute Gasteiger partial charge is 0.404 e. The number of hydrogen-bond acceptors (Lipinski definition) is 1. The Morgan fingerprint density at radius 2 is 2.43 bits per heavy atom. The third-order valence-electron chi connectivity index (χ3n) is 0.952. The average molecular weight is 130 g/mol. The van der Waals surface area contributed by atoms with Gasteiger partial charge in [0.05, 0.1) is 0 Å². The van der Waals surface area contributed by atoms with Gasteiger partial charge in [-0.15, -0.1) is 0 Å². The predicted octanol–water partition coefficient (Wildman–Crippen LogP) is 0.121. The summed E-state index contributed by atoms with van der Waals surface area (Å²) in [6, 6.07) is 0. The Bertz CT molecular complexity index is 28.9. The van der Waals surface area contributed by atoms with Crippen molar-refractivity contribution in [2.24, 2.45) is 0 Å². The quantitative estimate of drug-likeness (QED) is 0.388. The van der Waals surface area contributed by atoms with Crippen LogP contribution in [0.1, 0.15) is 19.8 Å². The Labute approximate surface area is 60.2 Å². The number of unbranched alkanes of at least 4 members (excludes halogenated alkanes) is 1. The van der Waals surface area contributed by atoms with E-state index >= 15 is 0 Å². The van der Waals surface area contributed by atoms with Gasteiger partial charge >= 0.3 is 32.2 Å². The van der Waals surface area contributed by atoms with Crippen molar-refractivity contribution in [2.75, 3.05) is 0 Å². The van der Waals surface area contributed by atoms with E-state index in [1.54, 1.807) is 0 Å². The van der Waals surface area contributed by atoms with Gasteiger partial charge in [-0.2, -0.15) is 0 Å². The van der Waals surface area contributed by atoms with E-state index in [1.807, 2.05) is 0 Å². The lowest BCUT2D eigenvalue weighted by Gasteiger charge is -1.91. The molecule has 0 unspecified atom stereocenters. The van der Waals surface area contributed by atoms with Gasteiger partial charge in [0.15, 0.2) is 0 Å². The number of hydrogen-bond donors (Lipinski definition) is 0. The van der Waals surface area contributed by atoms with Crippen LogP contribution in [0.2, 0.25) is 5.28 Å². The zero-order valence-corrected chi connectivity index (χ0v) is 8.65. The van der Waals surface area contributed by atoms with Crippen molar-refractivity contribution in [2.45, 2.75) is 25.0 Å². The Hall–Kier alpha value is 1.02. The Balaban J connectivity index is 2.45. The second-order valence-electron chi connectivity index (χ2n) is 1.70. The molecule has 0 radical (unpaired) electrons. The van der Waals surface area contributed by atoms with E-state index in [0.29, 0.717) is 0 Å². The van der Waals surface area contributed by atoms with Crippen LogP contribution in [0.15, 0.2) is 0 Å². The van der Waals surface area contributed by atoms with Crippen LogP contribution in [0.5, 0.6) is 0 Å². The molecule has 0 amide bonds. The lowest BCUT2D eigenvalue weighted by molar-refractivity contribution is 0.652. The van der Waals surface area contributed by atoms with Crippen molar-refractivity contribution in [3.05, 3.63) is 0 Å². The maximum Gasteiger partial charge on any atom is 0.404 e. The Kier molecular flexibility index (Phi) is 8.05. The van der Waals surface area contributed by atoms with Crippen LogP contribution >= 0.6 is 0 Å². The molecule has 0 saturated heterocycles. The second kappa shape index (κ2) is 7.02. The SMILES string of the molecule is CCC[CH2][AlH][O][AlH2]. The zero-order chi connectivity index (χ0) is 5.54. The molecular weight excluding hydrogens is 118 g/mol. The first-order valence-corrected chi connectivity index (χ1v) is 5.30. The molecule has 0 fully saturated rings. The molecule has 3 heteroatoms. The molecule has 0 aromatic carbocycles. The highest BCUT2D eigenvalue weighted by Crippen LogP contribution is 1.91. The van der Waals surface area contributed by atoms with E-state index in [4.69, 9.17) is 2.84 Å². The number of rotatable bonds is 4. The molecule has 0 heterocycles. The third kappa shape index (κ3) is 7.02. The van der Waals surface area contributed by atoms with E-state index in [0.717, 1.165) is 16.6 Å². The highest BCUT2D eigenvalue weighted by atomic mass is 27.2. The molecule has 0 aliphatic rings. The van der Waals surface area contributed by atoms with Crippen LogP contribution < -0.4 is 0 Å². The van der Waals surface area contributed by atoms with Crippen LogP contribution in [0.3, 0.4) is 0 Å². The van der Waals surface area contributed by atoms with Gasteiger partial charge in [0.25, 0.3) is 0 Å². The van der Waals surface area contributed by atoms with Gasteiger partial charge < -0.3 is 2.84 Å². The average Bonchev–Trinajstić information content (AvgIpc) is 1.69. The molecule has 1 nitrogen and oxygen atoms in total. The molecule has 40 valence electrons. The second-order valence-corrected chi connectivity index (χ2v) is 5.12. The van der Waals surface area contributed by atoms with Crippen molar-refractivity contribution in [1.29, 1.82) is 0 Å². The van der Waals surface area contributed by atoms with E-state index in [1.165, 1.54) is 18.1 Å². The van der Waals surface area contributed by atoms with Crippen LogP contribution in [0.4, 0.5) is 0 Å². The fourth-order valence-electron chi connectivity index (χ4n) is 0.496. The van der Waals surface area contributed by atoms with Gasteiger partial charge in [-0.05, 0) is 0 Å². The van der Waals surface area contributed by atoms with Crippen molar-refractivity contribution in [3.8, 4) is 0 Å². The van der Waals surface area contributed by atoms with E-state index in [2.05, 4.69) is 6.92 Å². The van der Waals surface area contributed by atoms with Crippen LogP contribution in [0.25, 0.3) is 0 Å². The molecular formula is C4H12Al2O. The molecule has 0 N–H and O–H groups in total. The highest BCUT2D eigenvalue weighted by Gasteiger charge is 1.86. The van der Waals surface area contributed by atoms with Crippen molar-refractivity contribution < 1.29 is 2.84 Å². The summed E-state index contributed by atoms with van der Waals surface area (Å²) in [7, 11) is 0. The summed E-state index contributed by atoms with van der Waals surface area (Å²) in [6.45, 7) is 2.22. The van der Waals surface area contributed by atoms with Gasteiger partial charge in [0, 0.05) is 0 Å². The lowest BCUT2D eigenvalue weighted by atomic mass is 10.4. The topological polar surface area (TPSA) is 9.23 Å². The van der Waals surface area contributed by atoms with Gasteiger partial charge in [-0.3, -0.25) is 0 Å². The predicted molar refractivity (Wildman–Crippen MR) is 36.5 cm³/mol. The Morgan fingerprint density at radius 3 is 2.86 bits per heavy atom. The molecule has 7 heavy (non-hydrogen) atoms. The van der Waals surface area contributed by atoms with Crippen molar-refractivity contribution in [1.82, 2.24) is 0 Å². The summed E-state index contributed by atoms with van der Waals surface area (Å²) in [5, 5.41) is 1.39. The fourth-order valence-corrected chi connectivity index (χ4v) is 2.36. The lowest BCUT2D eigenvalue weighted by Crippen LogP contribution is -1.92.